The summed E-state index contributed by atoms with van der Waals surface area (Å²) in [5, 5.41) is 23.0. The number of aromatic nitrogens is 5. The normalized spacial score (nSPS) is 24.0. The maximum atomic E-state index is 14.1. The molecule has 2 aromatic heterocycles. The number of hydrogen-bond acceptors (Lipinski definition) is 8. The summed E-state index contributed by atoms with van der Waals surface area (Å²) in [6.45, 7) is 2.37. The van der Waals surface area contributed by atoms with Crippen molar-refractivity contribution < 1.29 is 9.50 Å². The average Bonchev–Trinajstić information content (AvgIpc) is 3.43. The second-order valence-corrected chi connectivity index (χ2v) is 8.84. The van der Waals surface area contributed by atoms with Crippen molar-refractivity contribution in [3.63, 3.8) is 0 Å². The van der Waals surface area contributed by atoms with Gasteiger partial charge in [-0.1, -0.05) is 0 Å². The number of likely N-dealkylation sites (tertiary alicyclic amines) is 1. The molecule has 1 saturated carbocycles. The van der Waals surface area contributed by atoms with E-state index in [1.54, 1.807) is 24.8 Å². The van der Waals surface area contributed by atoms with Gasteiger partial charge in [-0.2, -0.15) is 15.0 Å². The fourth-order valence-electron chi connectivity index (χ4n) is 4.78. The van der Waals surface area contributed by atoms with Gasteiger partial charge in [-0.25, -0.2) is 14.4 Å². The monoisotopic (exact) mass is 436 g/mol. The van der Waals surface area contributed by atoms with E-state index in [9.17, 15) is 9.50 Å². The smallest absolute Gasteiger partial charge is 0.135 e. The van der Waals surface area contributed by atoms with Crippen LogP contribution in [0.15, 0.2) is 43.0 Å². The van der Waals surface area contributed by atoms with E-state index in [-0.39, 0.29) is 6.04 Å². The number of nitrogens with one attached hydrogen (secondary N) is 1. The number of benzene rings is 1. The van der Waals surface area contributed by atoms with Crippen molar-refractivity contribution in [1.82, 2.24) is 29.9 Å². The van der Waals surface area contributed by atoms with Gasteiger partial charge in [0, 0.05) is 43.3 Å². The Morgan fingerprint density at radius 1 is 1.06 bits per heavy atom. The zero-order valence-corrected chi connectivity index (χ0v) is 17.5. The van der Waals surface area contributed by atoms with Crippen molar-refractivity contribution in [2.75, 3.05) is 29.9 Å². The first kappa shape index (κ1) is 19.6. The van der Waals surface area contributed by atoms with E-state index in [2.05, 4.69) is 30.4 Å². The van der Waals surface area contributed by atoms with Gasteiger partial charge in [-0.15, -0.1) is 0 Å². The Labute approximate surface area is 184 Å². The molecule has 1 aromatic carbocycles. The number of piperidine rings is 1. The first-order chi connectivity index (χ1) is 15.7. The molecule has 0 amide bonds. The molecule has 3 aromatic rings. The van der Waals surface area contributed by atoms with E-state index in [0.29, 0.717) is 29.8 Å². The second-order valence-electron chi connectivity index (χ2n) is 8.84. The van der Waals surface area contributed by atoms with E-state index in [0.717, 1.165) is 31.1 Å². The van der Waals surface area contributed by atoms with Gasteiger partial charge in [-0.05, 0) is 43.4 Å². The zero-order chi connectivity index (χ0) is 21.7. The van der Waals surface area contributed by atoms with E-state index >= 15 is 0 Å². The topological polar surface area (TPSA) is 95.2 Å². The number of rotatable bonds is 6. The molecule has 3 fully saturated rings. The van der Waals surface area contributed by atoms with Crippen LogP contribution in [0.1, 0.15) is 31.1 Å². The summed E-state index contributed by atoms with van der Waals surface area (Å²) in [5.41, 5.74) is 1.03. The summed E-state index contributed by atoms with van der Waals surface area (Å²) in [5.74, 6) is 1.94. The van der Waals surface area contributed by atoms with Gasteiger partial charge < -0.3 is 15.3 Å². The highest BCUT2D eigenvalue weighted by molar-refractivity contribution is 5.52. The summed E-state index contributed by atoms with van der Waals surface area (Å²) in [4.78, 5) is 14.5. The van der Waals surface area contributed by atoms with E-state index in [4.69, 9.17) is 0 Å². The number of halogens is 1. The Hall–Kier alpha value is -3.11. The lowest BCUT2D eigenvalue weighted by Crippen LogP contribution is -2.65. The Kier molecular flexibility index (Phi) is 4.76. The number of hydrogen-bond donors (Lipinski definition) is 2. The third-order valence-electron chi connectivity index (χ3n) is 6.71. The molecule has 3 atom stereocenters. The van der Waals surface area contributed by atoms with Crippen LogP contribution in [0.5, 0.6) is 0 Å². The van der Waals surface area contributed by atoms with Crippen molar-refractivity contribution in [2.24, 2.45) is 5.92 Å². The van der Waals surface area contributed by atoms with Gasteiger partial charge in [0.15, 0.2) is 0 Å². The summed E-state index contributed by atoms with van der Waals surface area (Å²) in [6, 6.07) is 7.13. The maximum Gasteiger partial charge on any atom is 0.135 e. The molecule has 6 rings (SSSR count). The highest BCUT2D eigenvalue weighted by atomic mass is 19.1. The molecule has 2 aliphatic heterocycles. The van der Waals surface area contributed by atoms with Crippen LogP contribution in [0, 0.1) is 11.7 Å². The molecule has 3 aliphatic rings. The minimum absolute atomic E-state index is 0.252. The molecule has 0 spiro atoms. The van der Waals surface area contributed by atoms with Gasteiger partial charge in [0.05, 0.1) is 18.1 Å². The quantitative estimate of drug-likeness (QED) is 0.606. The predicted octanol–water partition coefficient (Wildman–Crippen LogP) is 1.97. The number of anilines is 2. The fraction of sp³-hybridized carbons (Fsp3) is 0.455. The zero-order valence-electron chi connectivity index (χ0n) is 17.5. The van der Waals surface area contributed by atoms with Crippen LogP contribution >= 0.6 is 0 Å². The van der Waals surface area contributed by atoms with E-state index in [1.165, 1.54) is 29.8 Å². The Morgan fingerprint density at radius 2 is 1.91 bits per heavy atom. The number of fused-ring (bicyclic) bond motifs is 1. The summed E-state index contributed by atoms with van der Waals surface area (Å²) in [7, 11) is 0. The van der Waals surface area contributed by atoms with Crippen LogP contribution < -0.4 is 10.2 Å². The van der Waals surface area contributed by atoms with E-state index < -0.39 is 12.0 Å². The molecule has 0 radical (unpaired) electrons. The van der Waals surface area contributed by atoms with Crippen LogP contribution in [0.4, 0.5) is 16.0 Å². The predicted molar refractivity (Wildman–Crippen MR) is 116 cm³/mol. The molecule has 32 heavy (non-hydrogen) atoms. The molecule has 3 unspecified atom stereocenters. The van der Waals surface area contributed by atoms with Gasteiger partial charge in [0.2, 0.25) is 0 Å². The van der Waals surface area contributed by atoms with Gasteiger partial charge in [0.25, 0.3) is 0 Å². The molecule has 10 heteroatoms. The standard InChI is InChI=1S/C22H25FN8O/c23-15-1-4-18(31-26-6-7-27-31)17(9-15)22(32)29-8-5-14-11-30(19(14)12-29)21-10-20(24-13-25-21)28-16-2-3-16/h1,4,6-7,9-10,13-14,16,19,22,32H,2-3,5,8,11-12H2,(H,24,25,28). The lowest BCUT2D eigenvalue weighted by molar-refractivity contribution is -0.0364. The lowest BCUT2D eigenvalue weighted by atomic mass is 9.82. The summed E-state index contributed by atoms with van der Waals surface area (Å²) in [6.07, 6.45) is 7.14. The Morgan fingerprint density at radius 3 is 2.72 bits per heavy atom. The van der Waals surface area contributed by atoms with Gasteiger partial charge >= 0.3 is 0 Å². The van der Waals surface area contributed by atoms with Crippen LogP contribution in [-0.4, -0.2) is 66.7 Å². The Bertz CT molecular complexity index is 1110. The molecule has 9 nitrogen and oxygen atoms in total. The fourth-order valence-corrected chi connectivity index (χ4v) is 4.78. The summed E-state index contributed by atoms with van der Waals surface area (Å²) < 4.78 is 14.1. The number of aliphatic hydroxyl groups is 1. The lowest BCUT2D eigenvalue weighted by Gasteiger charge is -2.54. The minimum atomic E-state index is -0.951. The molecule has 1 aliphatic carbocycles. The number of aliphatic hydroxyl groups excluding tert-OH is 1. The second kappa shape index (κ2) is 7.79. The molecule has 2 saturated heterocycles. The first-order valence-corrected chi connectivity index (χ1v) is 11.1. The third kappa shape index (κ3) is 3.59. The Balaban J connectivity index is 1.21. The minimum Gasteiger partial charge on any atom is -0.374 e. The molecule has 4 heterocycles. The van der Waals surface area contributed by atoms with Crippen molar-refractivity contribution in [1.29, 1.82) is 0 Å². The molecular weight excluding hydrogens is 411 g/mol. The molecule has 0 bridgehead atoms. The first-order valence-electron chi connectivity index (χ1n) is 11.1. The van der Waals surface area contributed by atoms with Crippen molar-refractivity contribution >= 4 is 11.6 Å². The van der Waals surface area contributed by atoms with Crippen molar-refractivity contribution in [2.45, 2.75) is 37.6 Å². The maximum absolute atomic E-state index is 14.1. The van der Waals surface area contributed by atoms with Crippen molar-refractivity contribution in [3.05, 3.63) is 54.4 Å². The highest BCUT2D eigenvalue weighted by Crippen LogP contribution is 2.39. The SMILES string of the molecule is OC(c1cc(F)ccc1-n1nccn1)N1CCC2CN(c3cc(NC4CC4)ncn3)C2C1. The summed E-state index contributed by atoms with van der Waals surface area (Å²) >= 11 is 0. The molecular formula is C22H25FN8O. The van der Waals surface area contributed by atoms with Gasteiger partial charge in [-0.3, -0.25) is 4.90 Å². The van der Waals surface area contributed by atoms with E-state index in [1.807, 2.05) is 11.0 Å². The van der Waals surface area contributed by atoms with Crippen LogP contribution in [0.2, 0.25) is 0 Å². The van der Waals surface area contributed by atoms with Gasteiger partial charge in [0.1, 0.15) is 30.0 Å². The molecule has 2 N–H and O–H groups in total. The van der Waals surface area contributed by atoms with Crippen LogP contribution in [0.25, 0.3) is 5.69 Å². The molecule has 166 valence electrons. The third-order valence-corrected chi connectivity index (χ3v) is 6.71. The number of nitrogens with zero attached hydrogens (tertiary/aromatic N) is 7. The van der Waals surface area contributed by atoms with Crippen LogP contribution in [-0.2, 0) is 0 Å². The van der Waals surface area contributed by atoms with Crippen LogP contribution in [0.3, 0.4) is 0 Å². The largest absolute Gasteiger partial charge is 0.374 e. The van der Waals surface area contributed by atoms with Crippen molar-refractivity contribution in [3.8, 4) is 5.69 Å². The highest BCUT2D eigenvalue weighted by Gasteiger charge is 2.44. The average molecular weight is 436 g/mol.